The molecular weight excluding hydrogens is 324 g/mol. The number of hydrogen-bond donors (Lipinski definition) is 2. The van der Waals surface area contributed by atoms with Gasteiger partial charge >= 0.3 is 0 Å². The van der Waals surface area contributed by atoms with Gasteiger partial charge in [-0.3, -0.25) is 14.1 Å². The SMILES string of the molecule is CC(=O)C(N=Nc1cc(Cl)cc(S(=O)(=O)O)c1O)C(C)=O. The van der Waals surface area contributed by atoms with Gasteiger partial charge in [0, 0.05) is 5.02 Å². The number of phenols is 1. The Kier molecular flexibility index (Phi) is 5.15. The second-order valence-electron chi connectivity index (χ2n) is 4.09. The van der Waals surface area contributed by atoms with Gasteiger partial charge in [-0.1, -0.05) is 11.6 Å². The maximum Gasteiger partial charge on any atom is 0.298 e. The van der Waals surface area contributed by atoms with Crippen LogP contribution in [0.2, 0.25) is 5.02 Å². The smallest absolute Gasteiger partial charge is 0.298 e. The third kappa shape index (κ3) is 4.31. The van der Waals surface area contributed by atoms with Crippen LogP contribution in [-0.4, -0.2) is 35.7 Å². The van der Waals surface area contributed by atoms with Gasteiger partial charge in [-0.05, 0) is 26.0 Å². The molecule has 8 nitrogen and oxygen atoms in total. The number of aromatic hydroxyl groups is 1. The number of rotatable bonds is 5. The Balaban J connectivity index is 3.36. The summed E-state index contributed by atoms with van der Waals surface area (Å²) in [5.74, 6) is -2.03. The Morgan fingerprint density at radius 2 is 1.76 bits per heavy atom. The molecule has 0 saturated heterocycles. The fourth-order valence-electron chi connectivity index (χ4n) is 1.40. The van der Waals surface area contributed by atoms with E-state index in [2.05, 4.69) is 10.2 Å². The van der Waals surface area contributed by atoms with Crippen LogP contribution in [0.15, 0.2) is 27.3 Å². The van der Waals surface area contributed by atoms with Crippen molar-refractivity contribution in [2.45, 2.75) is 24.8 Å². The number of Topliss-reactive ketones (excluding diaryl/α,β-unsaturated/α-hetero) is 2. The zero-order valence-electron chi connectivity index (χ0n) is 10.9. The first-order valence-corrected chi connectivity index (χ1v) is 7.27. The van der Waals surface area contributed by atoms with Gasteiger partial charge in [-0.15, -0.1) is 0 Å². The first kappa shape index (κ1) is 17.2. The molecule has 1 rings (SSSR count). The zero-order chi connectivity index (χ0) is 16.4. The largest absolute Gasteiger partial charge is 0.504 e. The predicted octanol–water partition coefficient (Wildman–Crippen LogP) is 1.92. The van der Waals surface area contributed by atoms with Crippen molar-refractivity contribution in [3.8, 4) is 5.75 Å². The molecule has 0 aliphatic carbocycles. The minimum atomic E-state index is -4.72. The van der Waals surface area contributed by atoms with Crippen molar-refractivity contribution in [3.05, 3.63) is 17.2 Å². The van der Waals surface area contributed by atoms with Crippen molar-refractivity contribution in [2.75, 3.05) is 0 Å². The molecule has 0 radical (unpaired) electrons. The highest BCUT2D eigenvalue weighted by Crippen LogP contribution is 2.36. The molecule has 0 aromatic heterocycles. The van der Waals surface area contributed by atoms with Crippen LogP contribution in [0.3, 0.4) is 0 Å². The Morgan fingerprint density at radius 3 is 2.19 bits per heavy atom. The van der Waals surface area contributed by atoms with Crippen molar-refractivity contribution >= 4 is 39.0 Å². The summed E-state index contributed by atoms with van der Waals surface area (Å²) in [6.45, 7) is 2.26. The highest BCUT2D eigenvalue weighted by Gasteiger charge is 2.22. The van der Waals surface area contributed by atoms with E-state index in [9.17, 15) is 23.1 Å². The quantitative estimate of drug-likeness (QED) is 0.480. The van der Waals surface area contributed by atoms with E-state index in [1.807, 2.05) is 0 Å². The summed E-state index contributed by atoms with van der Waals surface area (Å²) in [4.78, 5) is 21.5. The van der Waals surface area contributed by atoms with E-state index in [0.29, 0.717) is 0 Å². The molecule has 114 valence electrons. The lowest BCUT2D eigenvalue weighted by molar-refractivity contribution is -0.126. The predicted molar refractivity (Wildman–Crippen MR) is 72.6 cm³/mol. The summed E-state index contributed by atoms with van der Waals surface area (Å²) in [5.41, 5.74) is -0.400. The highest BCUT2D eigenvalue weighted by molar-refractivity contribution is 7.86. The Hall–Kier alpha value is -1.84. The molecule has 0 atom stereocenters. The number of carbonyl (C=O) groups excluding carboxylic acids is 2. The fraction of sp³-hybridized carbons (Fsp3) is 0.273. The molecule has 0 bridgehead atoms. The van der Waals surface area contributed by atoms with Crippen molar-refractivity contribution in [3.63, 3.8) is 0 Å². The first-order valence-electron chi connectivity index (χ1n) is 5.45. The lowest BCUT2D eigenvalue weighted by Gasteiger charge is -2.06. The van der Waals surface area contributed by atoms with Gasteiger partial charge in [0.05, 0.1) is 0 Å². The van der Waals surface area contributed by atoms with Crippen LogP contribution in [0.5, 0.6) is 5.75 Å². The van der Waals surface area contributed by atoms with Gasteiger partial charge in [0.15, 0.2) is 23.4 Å². The van der Waals surface area contributed by atoms with Gasteiger partial charge < -0.3 is 5.11 Å². The second kappa shape index (κ2) is 6.29. The van der Waals surface area contributed by atoms with Crippen LogP contribution < -0.4 is 0 Å². The minimum absolute atomic E-state index is 0.142. The van der Waals surface area contributed by atoms with Gasteiger partial charge in [0.25, 0.3) is 10.1 Å². The molecule has 1 aromatic rings. The van der Waals surface area contributed by atoms with E-state index in [0.717, 1.165) is 26.0 Å². The number of halogens is 1. The van der Waals surface area contributed by atoms with Gasteiger partial charge in [-0.2, -0.15) is 18.6 Å². The second-order valence-corrected chi connectivity index (χ2v) is 5.91. The average molecular weight is 335 g/mol. The van der Waals surface area contributed by atoms with Crippen LogP contribution >= 0.6 is 11.6 Å². The third-order valence-corrected chi connectivity index (χ3v) is 3.43. The molecule has 0 fully saturated rings. The van der Waals surface area contributed by atoms with Crippen LogP contribution in [0, 0.1) is 0 Å². The summed E-state index contributed by atoms with van der Waals surface area (Å²) < 4.78 is 31.1. The van der Waals surface area contributed by atoms with E-state index in [-0.39, 0.29) is 5.02 Å². The van der Waals surface area contributed by atoms with E-state index >= 15 is 0 Å². The number of phenolic OH excluding ortho intramolecular Hbond substituents is 1. The third-order valence-electron chi connectivity index (χ3n) is 2.35. The van der Waals surface area contributed by atoms with E-state index in [1.54, 1.807) is 0 Å². The van der Waals surface area contributed by atoms with Crippen LogP contribution in [0.1, 0.15) is 13.8 Å². The lowest BCUT2D eigenvalue weighted by Crippen LogP contribution is -2.23. The Bertz CT molecular complexity index is 714. The zero-order valence-corrected chi connectivity index (χ0v) is 12.5. The molecule has 0 amide bonds. The molecule has 0 saturated carbocycles. The summed E-state index contributed by atoms with van der Waals surface area (Å²) in [5, 5.41) is 16.5. The normalized spacial score (nSPS) is 12.0. The average Bonchev–Trinajstić information content (AvgIpc) is 2.30. The molecule has 2 N–H and O–H groups in total. The molecular formula is C11H11ClN2O6S. The number of azo groups is 1. The topological polar surface area (TPSA) is 133 Å². The maximum absolute atomic E-state index is 11.2. The fourth-order valence-corrected chi connectivity index (χ4v) is 2.30. The number of ketones is 2. The van der Waals surface area contributed by atoms with Crippen molar-refractivity contribution < 1.29 is 27.7 Å². The molecule has 0 spiro atoms. The van der Waals surface area contributed by atoms with E-state index in [1.165, 1.54) is 0 Å². The number of hydrogen-bond acceptors (Lipinski definition) is 7. The number of benzene rings is 1. The van der Waals surface area contributed by atoms with Gasteiger partial charge in [-0.25, -0.2) is 0 Å². The van der Waals surface area contributed by atoms with Gasteiger partial charge in [0.2, 0.25) is 0 Å². The molecule has 10 heteroatoms. The monoisotopic (exact) mass is 334 g/mol. The van der Waals surface area contributed by atoms with Crippen LogP contribution in [0.25, 0.3) is 0 Å². The molecule has 0 unspecified atom stereocenters. The maximum atomic E-state index is 11.2. The Morgan fingerprint density at radius 1 is 1.24 bits per heavy atom. The van der Waals surface area contributed by atoms with Gasteiger partial charge in [0.1, 0.15) is 10.6 Å². The summed E-state index contributed by atoms with van der Waals surface area (Å²) in [6.07, 6.45) is 0. The Labute approximate surface area is 125 Å². The number of nitrogens with zero attached hydrogens (tertiary/aromatic N) is 2. The van der Waals surface area contributed by atoms with Crippen molar-refractivity contribution in [1.82, 2.24) is 0 Å². The van der Waals surface area contributed by atoms with E-state index in [4.69, 9.17) is 16.2 Å². The molecule has 0 aliphatic heterocycles. The first-order chi connectivity index (χ1) is 9.54. The summed E-state index contributed by atoms with van der Waals surface area (Å²) in [6, 6.07) is 0.517. The summed E-state index contributed by atoms with van der Waals surface area (Å²) in [7, 11) is -4.72. The molecule has 0 heterocycles. The van der Waals surface area contributed by atoms with Crippen LogP contribution in [-0.2, 0) is 19.7 Å². The molecule has 0 aliphatic rings. The molecule has 1 aromatic carbocycles. The lowest BCUT2D eigenvalue weighted by atomic mass is 10.1. The molecule has 21 heavy (non-hydrogen) atoms. The van der Waals surface area contributed by atoms with Crippen molar-refractivity contribution in [1.29, 1.82) is 0 Å². The summed E-state index contributed by atoms with van der Waals surface area (Å²) >= 11 is 5.65. The van der Waals surface area contributed by atoms with Crippen molar-refractivity contribution in [2.24, 2.45) is 10.2 Å². The highest BCUT2D eigenvalue weighted by atomic mass is 35.5. The minimum Gasteiger partial charge on any atom is -0.504 e. The standard InChI is InChI=1S/C11H11ClN2O6S/c1-5(15)10(6(2)16)14-13-8-3-7(12)4-9(11(8)17)21(18,19)20/h3-4,10,17H,1-2H3,(H,18,19,20). The van der Waals surface area contributed by atoms with Crippen LogP contribution in [0.4, 0.5) is 5.69 Å². The van der Waals surface area contributed by atoms with E-state index < -0.39 is 44.1 Å². The number of carbonyl (C=O) groups is 2.